The minimum absolute atomic E-state index is 0.0543. The van der Waals surface area contributed by atoms with Crippen LogP contribution in [0.4, 0.5) is 0 Å². The molecule has 0 spiro atoms. The molecule has 4 heterocycles. The van der Waals surface area contributed by atoms with Crippen LogP contribution in [-0.2, 0) is 29.2 Å². The van der Waals surface area contributed by atoms with Gasteiger partial charge in [0.2, 0.25) is 11.8 Å². The highest BCUT2D eigenvalue weighted by atomic mass is 16.2. The third-order valence-electron chi connectivity index (χ3n) is 6.85. The molecule has 3 amide bonds. The van der Waals surface area contributed by atoms with E-state index in [2.05, 4.69) is 15.6 Å². The van der Waals surface area contributed by atoms with E-state index in [0.29, 0.717) is 36.2 Å². The van der Waals surface area contributed by atoms with E-state index in [1.54, 1.807) is 33.8 Å². The second kappa shape index (κ2) is 8.56. The van der Waals surface area contributed by atoms with Gasteiger partial charge in [0.1, 0.15) is 11.7 Å². The maximum absolute atomic E-state index is 13.1. The minimum Gasteiger partial charge on any atom is -0.322 e. The summed E-state index contributed by atoms with van der Waals surface area (Å²) < 4.78 is 3.32. The molecule has 1 fully saturated rings. The number of carbonyl (C=O) groups excluding carboxylic acids is 3. The standard InChI is InChI=1S/C26H22N6O4/c33-23-9-8-22(24(34)27-23)32-14-20-18(6-3-7-19(20)26(32)36)21-15-31(29-28-21)13-12-30-11-10-16-4-1-2-5-17(16)25(30)35/h1-7,10-11,15,22H,8-9,12-14H2,(H,27,33,34). The highest BCUT2D eigenvalue weighted by Crippen LogP contribution is 2.33. The Morgan fingerprint density at radius 1 is 0.944 bits per heavy atom. The molecule has 4 aromatic rings. The second-order valence-electron chi connectivity index (χ2n) is 9.00. The Morgan fingerprint density at radius 2 is 1.78 bits per heavy atom. The Hall–Kier alpha value is -4.60. The van der Waals surface area contributed by atoms with Crippen molar-refractivity contribution in [3.8, 4) is 11.3 Å². The van der Waals surface area contributed by atoms with Crippen molar-refractivity contribution in [2.24, 2.45) is 0 Å². The Morgan fingerprint density at radius 3 is 2.64 bits per heavy atom. The zero-order chi connectivity index (χ0) is 24.8. The Balaban J connectivity index is 1.22. The molecule has 1 N–H and O–H groups in total. The number of pyridine rings is 1. The van der Waals surface area contributed by atoms with Crippen molar-refractivity contribution in [3.05, 3.63) is 82.4 Å². The number of hydrogen-bond donors (Lipinski definition) is 1. The van der Waals surface area contributed by atoms with Gasteiger partial charge in [-0.1, -0.05) is 35.5 Å². The van der Waals surface area contributed by atoms with Gasteiger partial charge in [0, 0.05) is 42.2 Å². The van der Waals surface area contributed by atoms with E-state index in [1.165, 1.54) is 4.90 Å². The molecule has 180 valence electrons. The zero-order valence-corrected chi connectivity index (χ0v) is 19.3. The molecule has 0 saturated carbocycles. The van der Waals surface area contributed by atoms with Crippen molar-refractivity contribution in [3.63, 3.8) is 0 Å². The summed E-state index contributed by atoms with van der Waals surface area (Å²) in [5.74, 6) is -0.989. The monoisotopic (exact) mass is 482 g/mol. The lowest BCUT2D eigenvalue weighted by Gasteiger charge is -2.29. The molecule has 0 radical (unpaired) electrons. The molecule has 1 unspecified atom stereocenters. The van der Waals surface area contributed by atoms with E-state index >= 15 is 0 Å². The summed E-state index contributed by atoms with van der Waals surface area (Å²) in [6.07, 6.45) is 4.09. The Bertz CT molecular complexity index is 1600. The van der Waals surface area contributed by atoms with E-state index in [1.807, 2.05) is 36.4 Å². The number of nitrogens with zero attached hydrogens (tertiary/aromatic N) is 5. The van der Waals surface area contributed by atoms with Crippen molar-refractivity contribution in [1.82, 2.24) is 29.8 Å². The van der Waals surface area contributed by atoms with Crippen LogP contribution in [0.3, 0.4) is 0 Å². The molecular weight excluding hydrogens is 460 g/mol. The van der Waals surface area contributed by atoms with Crippen LogP contribution >= 0.6 is 0 Å². The first-order valence-electron chi connectivity index (χ1n) is 11.7. The molecule has 10 heteroatoms. The molecule has 1 saturated heterocycles. The quantitative estimate of drug-likeness (QED) is 0.433. The summed E-state index contributed by atoms with van der Waals surface area (Å²) in [6, 6.07) is 14.1. The summed E-state index contributed by atoms with van der Waals surface area (Å²) in [7, 11) is 0. The van der Waals surface area contributed by atoms with Gasteiger partial charge in [-0.05, 0) is 35.6 Å². The fraction of sp³-hybridized carbons (Fsp3) is 0.231. The maximum atomic E-state index is 13.1. The average Bonchev–Trinajstić information content (AvgIpc) is 3.49. The number of imide groups is 1. The predicted octanol–water partition coefficient (Wildman–Crippen LogP) is 1.72. The molecule has 6 rings (SSSR count). The molecule has 2 aromatic carbocycles. The number of amides is 3. The molecule has 2 aliphatic rings. The topological polar surface area (TPSA) is 119 Å². The van der Waals surface area contributed by atoms with Gasteiger partial charge in [0.25, 0.3) is 11.5 Å². The lowest BCUT2D eigenvalue weighted by Crippen LogP contribution is -2.52. The van der Waals surface area contributed by atoms with Crippen LogP contribution in [0.15, 0.2) is 65.7 Å². The second-order valence-corrected chi connectivity index (χ2v) is 9.00. The molecule has 10 nitrogen and oxygen atoms in total. The van der Waals surface area contributed by atoms with Crippen LogP contribution in [0.1, 0.15) is 28.8 Å². The number of nitrogens with one attached hydrogen (secondary N) is 1. The van der Waals surface area contributed by atoms with E-state index < -0.39 is 11.9 Å². The summed E-state index contributed by atoms with van der Waals surface area (Å²) >= 11 is 0. The Labute approximate surface area is 205 Å². The fourth-order valence-electron chi connectivity index (χ4n) is 4.97. The number of aryl methyl sites for hydroxylation is 2. The highest BCUT2D eigenvalue weighted by Gasteiger charge is 2.40. The largest absolute Gasteiger partial charge is 0.322 e. The van der Waals surface area contributed by atoms with Crippen LogP contribution in [0.2, 0.25) is 0 Å². The average molecular weight is 483 g/mol. The van der Waals surface area contributed by atoms with Crippen molar-refractivity contribution in [2.45, 2.75) is 38.5 Å². The summed E-state index contributed by atoms with van der Waals surface area (Å²) in [5, 5.41) is 12.4. The number of carbonyl (C=O) groups is 3. The number of rotatable bonds is 5. The summed E-state index contributed by atoms with van der Waals surface area (Å²) in [6.45, 7) is 1.14. The third-order valence-corrected chi connectivity index (χ3v) is 6.85. The van der Waals surface area contributed by atoms with Gasteiger partial charge in [0.05, 0.1) is 12.7 Å². The predicted molar refractivity (Wildman–Crippen MR) is 130 cm³/mol. The normalized spacial score (nSPS) is 17.5. The number of aromatic nitrogens is 4. The van der Waals surface area contributed by atoms with E-state index in [4.69, 9.17) is 0 Å². The first kappa shape index (κ1) is 21.9. The molecule has 2 aliphatic heterocycles. The number of piperidine rings is 1. The zero-order valence-electron chi connectivity index (χ0n) is 19.3. The fourth-order valence-corrected chi connectivity index (χ4v) is 4.97. The van der Waals surface area contributed by atoms with Gasteiger partial charge in [-0.25, -0.2) is 0 Å². The van der Waals surface area contributed by atoms with Crippen LogP contribution in [-0.4, -0.2) is 48.2 Å². The van der Waals surface area contributed by atoms with Crippen LogP contribution in [0, 0.1) is 0 Å². The first-order chi connectivity index (χ1) is 17.5. The minimum atomic E-state index is -0.675. The summed E-state index contributed by atoms with van der Waals surface area (Å²) in [4.78, 5) is 51.3. The number of hydrogen-bond acceptors (Lipinski definition) is 6. The first-order valence-corrected chi connectivity index (χ1v) is 11.7. The summed E-state index contributed by atoms with van der Waals surface area (Å²) in [5.41, 5.74) is 2.63. The maximum Gasteiger partial charge on any atom is 0.258 e. The van der Waals surface area contributed by atoms with Gasteiger partial charge in [-0.3, -0.25) is 29.2 Å². The lowest BCUT2D eigenvalue weighted by molar-refractivity contribution is -0.136. The van der Waals surface area contributed by atoms with Gasteiger partial charge in [0.15, 0.2) is 0 Å². The lowest BCUT2D eigenvalue weighted by atomic mass is 10.0. The van der Waals surface area contributed by atoms with Crippen molar-refractivity contribution < 1.29 is 14.4 Å². The third kappa shape index (κ3) is 3.67. The van der Waals surface area contributed by atoms with E-state index in [0.717, 1.165) is 16.5 Å². The highest BCUT2D eigenvalue weighted by molar-refractivity contribution is 6.06. The van der Waals surface area contributed by atoms with E-state index in [9.17, 15) is 19.2 Å². The Kier molecular flexibility index (Phi) is 5.21. The van der Waals surface area contributed by atoms with Gasteiger partial charge < -0.3 is 9.47 Å². The van der Waals surface area contributed by atoms with E-state index in [-0.39, 0.29) is 30.3 Å². The van der Waals surface area contributed by atoms with Crippen molar-refractivity contribution in [2.75, 3.05) is 0 Å². The molecule has 0 bridgehead atoms. The molecule has 2 aromatic heterocycles. The number of benzene rings is 2. The van der Waals surface area contributed by atoms with Gasteiger partial charge >= 0.3 is 0 Å². The smallest absolute Gasteiger partial charge is 0.258 e. The molecule has 36 heavy (non-hydrogen) atoms. The van der Waals surface area contributed by atoms with Gasteiger partial charge in [-0.2, -0.15) is 0 Å². The molecular formula is C26H22N6O4. The molecule has 0 aliphatic carbocycles. The van der Waals surface area contributed by atoms with Crippen molar-refractivity contribution in [1.29, 1.82) is 0 Å². The van der Waals surface area contributed by atoms with Crippen LogP contribution in [0.25, 0.3) is 22.0 Å². The number of fused-ring (bicyclic) bond motifs is 2. The van der Waals surface area contributed by atoms with Crippen LogP contribution in [0.5, 0.6) is 0 Å². The van der Waals surface area contributed by atoms with Gasteiger partial charge in [-0.15, -0.1) is 5.10 Å². The SMILES string of the molecule is O=C1CCC(N2Cc3c(cccc3-c3cn(CCn4ccc5ccccc5c4=O)nn3)C2=O)C(=O)N1. The molecule has 1 atom stereocenters. The van der Waals surface area contributed by atoms with Crippen LogP contribution < -0.4 is 10.9 Å². The van der Waals surface area contributed by atoms with Crippen molar-refractivity contribution >= 4 is 28.5 Å².